The monoisotopic (exact) mass is 318 g/mol. The molecule has 21 heavy (non-hydrogen) atoms. The predicted octanol–water partition coefficient (Wildman–Crippen LogP) is 4.39. The van der Waals surface area contributed by atoms with E-state index in [1.807, 2.05) is 13.8 Å². The molecule has 7 heteroatoms. The Morgan fingerprint density at radius 3 is 2.48 bits per heavy atom. The fourth-order valence-electron chi connectivity index (χ4n) is 1.96. The van der Waals surface area contributed by atoms with Crippen molar-refractivity contribution in [2.75, 3.05) is 0 Å². The van der Waals surface area contributed by atoms with E-state index in [0.29, 0.717) is 10.6 Å². The molecule has 0 fully saturated rings. The molecule has 2 nitrogen and oxygen atoms in total. The summed E-state index contributed by atoms with van der Waals surface area (Å²) in [4.78, 5) is 4.14. The summed E-state index contributed by atoms with van der Waals surface area (Å²) in [7, 11) is 0. The summed E-state index contributed by atoms with van der Waals surface area (Å²) in [5.74, 6) is -1.27. The van der Waals surface area contributed by atoms with Crippen LogP contribution in [0.4, 0.5) is 17.6 Å². The van der Waals surface area contributed by atoms with E-state index in [-0.39, 0.29) is 6.04 Å². The van der Waals surface area contributed by atoms with E-state index in [1.165, 1.54) is 17.4 Å². The van der Waals surface area contributed by atoms with E-state index < -0.39 is 23.6 Å². The number of aromatic nitrogens is 1. The lowest BCUT2D eigenvalue weighted by molar-refractivity contribution is -0.140. The number of alkyl halides is 3. The number of nitrogens with zero attached hydrogens (tertiary/aromatic N) is 1. The molecular formula is C14H14F4N2S. The first-order valence-electron chi connectivity index (χ1n) is 6.31. The number of rotatable bonds is 4. The third-order valence-electron chi connectivity index (χ3n) is 2.83. The topological polar surface area (TPSA) is 24.9 Å². The molecule has 0 saturated heterocycles. The van der Waals surface area contributed by atoms with Crippen LogP contribution < -0.4 is 5.32 Å². The Morgan fingerprint density at radius 2 is 1.95 bits per heavy atom. The molecular weight excluding hydrogens is 304 g/mol. The maximum absolute atomic E-state index is 13.4. The van der Waals surface area contributed by atoms with E-state index in [1.54, 1.807) is 11.6 Å². The minimum Gasteiger partial charge on any atom is -0.302 e. The summed E-state index contributed by atoms with van der Waals surface area (Å²) < 4.78 is 51.9. The van der Waals surface area contributed by atoms with Gasteiger partial charge in [-0.2, -0.15) is 13.2 Å². The highest BCUT2D eigenvalue weighted by atomic mass is 32.1. The molecule has 2 aromatic rings. The first-order chi connectivity index (χ1) is 9.79. The van der Waals surface area contributed by atoms with E-state index in [2.05, 4.69) is 10.3 Å². The molecule has 0 aliphatic rings. The predicted molar refractivity (Wildman–Crippen MR) is 73.6 cm³/mol. The van der Waals surface area contributed by atoms with Gasteiger partial charge in [0.25, 0.3) is 0 Å². The zero-order chi connectivity index (χ0) is 15.6. The standard InChI is InChI=1S/C14H14F4N2S/c1-8(2)20-12(13-19-5-6-21-13)9-3-4-11(15)10(7-9)14(16,17)18/h3-8,12,20H,1-2H3. The van der Waals surface area contributed by atoms with E-state index in [9.17, 15) is 17.6 Å². The van der Waals surface area contributed by atoms with Gasteiger partial charge in [0.2, 0.25) is 0 Å². The molecule has 0 saturated carbocycles. The maximum atomic E-state index is 13.4. The van der Waals surface area contributed by atoms with Crippen LogP contribution in [0.25, 0.3) is 0 Å². The van der Waals surface area contributed by atoms with Crippen molar-refractivity contribution in [2.24, 2.45) is 0 Å². The summed E-state index contributed by atoms with van der Waals surface area (Å²) in [6.07, 6.45) is -3.13. The number of hydrogen-bond donors (Lipinski definition) is 1. The molecule has 1 aromatic carbocycles. The van der Waals surface area contributed by atoms with E-state index in [4.69, 9.17) is 0 Å². The number of thiazole rings is 1. The third kappa shape index (κ3) is 3.79. The molecule has 114 valence electrons. The summed E-state index contributed by atoms with van der Waals surface area (Å²) in [6, 6.07) is 2.59. The number of hydrogen-bond acceptors (Lipinski definition) is 3. The number of benzene rings is 1. The van der Waals surface area contributed by atoms with Crippen LogP contribution in [0.2, 0.25) is 0 Å². The second-order valence-electron chi connectivity index (χ2n) is 4.86. The average molecular weight is 318 g/mol. The normalized spacial score (nSPS) is 13.7. The van der Waals surface area contributed by atoms with Crippen LogP contribution in [0.15, 0.2) is 29.8 Å². The van der Waals surface area contributed by atoms with Gasteiger partial charge in [-0.1, -0.05) is 6.07 Å². The second-order valence-corrected chi connectivity index (χ2v) is 5.79. The molecule has 0 spiro atoms. The molecule has 0 aliphatic heterocycles. The zero-order valence-corrected chi connectivity index (χ0v) is 12.2. The van der Waals surface area contributed by atoms with Gasteiger partial charge in [0.1, 0.15) is 10.8 Å². The third-order valence-corrected chi connectivity index (χ3v) is 3.67. The summed E-state index contributed by atoms with van der Waals surface area (Å²) in [6.45, 7) is 3.77. The van der Waals surface area contributed by atoms with Gasteiger partial charge in [0, 0.05) is 17.6 Å². The molecule has 2 rings (SSSR count). The Balaban J connectivity index is 2.46. The maximum Gasteiger partial charge on any atom is 0.419 e. The summed E-state index contributed by atoms with van der Waals surface area (Å²) in [5.41, 5.74) is -0.917. The lowest BCUT2D eigenvalue weighted by Gasteiger charge is -2.21. The second kappa shape index (κ2) is 6.11. The van der Waals surface area contributed by atoms with Crippen molar-refractivity contribution >= 4 is 11.3 Å². The van der Waals surface area contributed by atoms with Gasteiger partial charge in [-0.05, 0) is 31.5 Å². The number of halogens is 4. The molecule has 0 aliphatic carbocycles. The summed E-state index contributed by atoms with van der Waals surface area (Å²) in [5, 5.41) is 5.55. The zero-order valence-electron chi connectivity index (χ0n) is 11.4. The SMILES string of the molecule is CC(C)NC(c1ccc(F)c(C(F)(F)F)c1)c1nccs1. The Kier molecular flexibility index (Phi) is 4.63. The van der Waals surface area contributed by atoms with Crippen LogP contribution in [0.5, 0.6) is 0 Å². The van der Waals surface area contributed by atoms with Crippen molar-refractivity contribution < 1.29 is 17.6 Å². The molecule has 1 unspecified atom stereocenters. The lowest BCUT2D eigenvalue weighted by Crippen LogP contribution is -2.29. The van der Waals surface area contributed by atoms with Crippen LogP contribution in [0.1, 0.15) is 36.0 Å². The Labute approximate surface area is 123 Å². The van der Waals surface area contributed by atoms with Crippen molar-refractivity contribution in [3.05, 3.63) is 51.7 Å². The van der Waals surface area contributed by atoms with Gasteiger partial charge >= 0.3 is 6.18 Å². The Bertz CT molecular complexity index is 594. The van der Waals surface area contributed by atoms with Crippen LogP contribution in [0.3, 0.4) is 0 Å². The van der Waals surface area contributed by atoms with Crippen molar-refractivity contribution in [3.8, 4) is 0 Å². The summed E-state index contributed by atoms with van der Waals surface area (Å²) >= 11 is 1.34. The van der Waals surface area contributed by atoms with Crippen LogP contribution in [-0.2, 0) is 6.18 Å². The van der Waals surface area contributed by atoms with Gasteiger partial charge < -0.3 is 5.32 Å². The number of nitrogens with one attached hydrogen (secondary N) is 1. The quantitative estimate of drug-likeness (QED) is 0.846. The lowest BCUT2D eigenvalue weighted by atomic mass is 10.0. The van der Waals surface area contributed by atoms with Crippen molar-refractivity contribution in [1.29, 1.82) is 0 Å². The Morgan fingerprint density at radius 1 is 1.24 bits per heavy atom. The molecule has 0 amide bonds. The van der Waals surface area contributed by atoms with Crippen LogP contribution in [0, 0.1) is 5.82 Å². The van der Waals surface area contributed by atoms with Crippen molar-refractivity contribution in [2.45, 2.75) is 32.1 Å². The van der Waals surface area contributed by atoms with Crippen molar-refractivity contribution in [1.82, 2.24) is 10.3 Å². The van der Waals surface area contributed by atoms with Crippen LogP contribution in [-0.4, -0.2) is 11.0 Å². The molecule has 1 N–H and O–H groups in total. The van der Waals surface area contributed by atoms with Gasteiger partial charge in [-0.25, -0.2) is 9.37 Å². The fourth-order valence-corrected chi connectivity index (χ4v) is 2.68. The first kappa shape index (κ1) is 15.9. The minimum atomic E-state index is -4.72. The van der Waals surface area contributed by atoms with Gasteiger partial charge in [0.15, 0.2) is 0 Å². The fraction of sp³-hybridized carbons (Fsp3) is 0.357. The Hall–Kier alpha value is -1.47. The van der Waals surface area contributed by atoms with Gasteiger partial charge in [-0.3, -0.25) is 0 Å². The minimum absolute atomic E-state index is 0.0401. The van der Waals surface area contributed by atoms with Gasteiger partial charge in [-0.15, -0.1) is 11.3 Å². The highest BCUT2D eigenvalue weighted by Gasteiger charge is 2.35. The highest BCUT2D eigenvalue weighted by molar-refractivity contribution is 7.09. The average Bonchev–Trinajstić information content (AvgIpc) is 2.88. The molecule has 0 radical (unpaired) electrons. The first-order valence-corrected chi connectivity index (χ1v) is 7.19. The molecule has 1 aromatic heterocycles. The van der Waals surface area contributed by atoms with Gasteiger partial charge in [0.05, 0.1) is 11.6 Å². The molecule has 1 atom stereocenters. The molecule has 0 bridgehead atoms. The largest absolute Gasteiger partial charge is 0.419 e. The smallest absolute Gasteiger partial charge is 0.302 e. The molecule has 1 heterocycles. The van der Waals surface area contributed by atoms with E-state index >= 15 is 0 Å². The van der Waals surface area contributed by atoms with Crippen molar-refractivity contribution in [3.63, 3.8) is 0 Å². The van der Waals surface area contributed by atoms with Crippen LogP contribution >= 0.6 is 11.3 Å². The van der Waals surface area contributed by atoms with E-state index in [0.717, 1.165) is 12.1 Å². The highest BCUT2D eigenvalue weighted by Crippen LogP contribution is 2.34.